The van der Waals surface area contributed by atoms with Crippen molar-refractivity contribution in [2.45, 2.75) is 19.0 Å². The van der Waals surface area contributed by atoms with Crippen molar-refractivity contribution in [3.05, 3.63) is 18.3 Å². The van der Waals surface area contributed by atoms with Gasteiger partial charge in [-0.25, -0.2) is 4.98 Å². The van der Waals surface area contributed by atoms with Crippen LogP contribution < -0.4 is 9.80 Å². The van der Waals surface area contributed by atoms with Gasteiger partial charge in [0.25, 0.3) is 0 Å². The number of hydrogen-bond acceptors (Lipinski definition) is 4. The topological polar surface area (TPSA) is 39.7 Å². The summed E-state index contributed by atoms with van der Waals surface area (Å²) in [5.41, 5.74) is 0.653. The van der Waals surface area contributed by atoms with E-state index < -0.39 is 18.6 Å². The number of carbonyl (C=O) groups is 1. The van der Waals surface area contributed by atoms with Crippen LogP contribution in [-0.2, 0) is 4.79 Å². The van der Waals surface area contributed by atoms with E-state index in [4.69, 9.17) is 0 Å². The molecule has 1 aromatic rings. The molecule has 2 rings (SSSR count). The maximum atomic E-state index is 12.8. The van der Waals surface area contributed by atoms with Gasteiger partial charge in [-0.05, 0) is 31.5 Å². The Morgan fingerprint density at radius 3 is 2.71 bits per heavy atom. The molecule has 1 amide bonds. The van der Waals surface area contributed by atoms with Crippen LogP contribution in [0.5, 0.6) is 0 Å². The zero-order valence-electron chi connectivity index (χ0n) is 14.2. The molecule has 1 atom stereocenters. The van der Waals surface area contributed by atoms with Crippen LogP contribution >= 0.6 is 0 Å². The monoisotopic (exact) mass is 344 g/mol. The van der Waals surface area contributed by atoms with E-state index in [-0.39, 0.29) is 12.5 Å². The molecule has 0 spiro atoms. The largest absolute Gasteiger partial charge is 0.401 e. The highest BCUT2D eigenvalue weighted by Gasteiger charge is 2.35. The molecule has 0 bridgehead atoms. The van der Waals surface area contributed by atoms with Crippen LogP contribution in [0.2, 0.25) is 0 Å². The molecule has 1 saturated heterocycles. The molecule has 1 aliphatic heterocycles. The Balaban J connectivity index is 2.10. The zero-order valence-corrected chi connectivity index (χ0v) is 14.2. The fourth-order valence-electron chi connectivity index (χ4n) is 3.04. The molecular weight excluding hydrogens is 321 g/mol. The van der Waals surface area contributed by atoms with Crippen molar-refractivity contribution < 1.29 is 18.0 Å². The van der Waals surface area contributed by atoms with Gasteiger partial charge in [0.1, 0.15) is 0 Å². The Bertz CT molecular complexity index is 577. The smallest absolute Gasteiger partial charge is 0.361 e. The predicted molar refractivity (Wildman–Crippen MR) is 87.2 cm³/mol. The number of nitrogens with zero attached hydrogens (tertiary/aromatic N) is 4. The molecule has 0 aliphatic carbocycles. The SMILES string of the molecule is CN(C)c1ncccc1N(C)C(=O)C1CCCN(CC(F)(F)F)C1. The van der Waals surface area contributed by atoms with E-state index in [1.807, 2.05) is 14.1 Å². The lowest BCUT2D eigenvalue weighted by Crippen LogP contribution is -2.46. The number of rotatable bonds is 4. The van der Waals surface area contributed by atoms with Crippen molar-refractivity contribution >= 4 is 17.4 Å². The van der Waals surface area contributed by atoms with Crippen LogP contribution in [0, 0.1) is 5.92 Å². The van der Waals surface area contributed by atoms with Crippen LogP contribution in [0.15, 0.2) is 18.3 Å². The standard InChI is InChI=1S/C16H23F3N4O/c1-21(2)14-13(7-4-8-20-14)22(3)15(24)12-6-5-9-23(10-12)11-16(17,18)19/h4,7-8,12H,5-6,9-11H2,1-3H3. The van der Waals surface area contributed by atoms with E-state index >= 15 is 0 Å². The second-order valence-electron chi connectivity index (χ2n) is 6.33. The van der Waals surface area contributed by atoms with Crippen molar-refractivity contribution in [3.8, 4) is 0 Å². The van der Waals surface area contributed by atoms with E-state index in [0.29, 0.717) is 30.9 Å². The highest BCUT2D eigenvalue weighted by Crippen LogP contribution is 2.28. The summed E-state index contributed by atoms with van der Waals surface area (Å²) >= 11 is 0. The summed E-state index contributed by atoms with van der Waals surface area (Å²) in [4.78, 5) is 21.6. The molecule has 1 fully saturated rings. The lowest BCUT2D eigenvalue weighted by Gasteiger charge is -2.34. The number of carbonyl (C=O) groups excluding carboxylic acids is 1. The Hall–Kier alpha value is -1.83. The van der Waals surface area contributed by atoms with Crippen molar-refractivity contribution in [2.24, 2.45) is 5.92 Å². The molecule has 0 radical (unpaired) electrons. The van der Waals surface area contributed by atoms with E-state index in [0.717, 1.165) is 0 Å². The van der Waals surface area contributed by atoms with Crippen molar-refractivity contribution in [1.82, 2.24) is 9.88 Å². The molecule has 0 N–H and O–H groups in total. The van der Waals surface area contributed by atoms with Gasteiger partial charge in [-0.2, -0.15) is 13.2 Å². The minimum Gasteiger partial charge on any atom is -0.361 e. The second kappa shape index (κ2) is 7.38. The molecule has 0 saturated carbocycles. The minimum atomic E-state index is -4.24. The first-order valence-corrected chi connectivity index (χ1v) is 7.88. The lowest BCUT2D eigenvalue weighted by molar-refractivity contribution is -0.151. The number of pyridine rings is 1. The van der Waals surface area contributed by atoms with Gasteiger partial charge in [0.15, 0.2) is 5.82 Å². The zero-order chi connectivity index (χ0) is 17.9. The first kappa shape index (κ1) is 18.5. The van der Waals surface area contributed by atoms with E-state index in [1.165, 1.54) is 9.80 Å². The Morgan fingerprint density at radius 1 is 1.38 bits per heavy atom. The van der Waals surface area contributed by atoms with Crippen LogP contribution in [0.3, 0.4) is 0 Å². The maximum Gasteiger partial charge on any atom is 0.401 e. The van der Waals surface area contributed by atoms with Crippen LogP contribution in [0.1, 0.15) is 12.8 Å². The maximum absolute atomic E-state index is 12.8. The number of piperidine rings is 1. The van der Waals surface area contributed by atoms with Crippen LogP contribution in [0.25, 0.3) is 0 Å². The molecule has 2 heterocycles. The molecule has 8 heteroatoms. The summed E-state index contributed by atoms with van der Waals surface area (Å²) in [7, 11) is 5.31. The summed E-state index contributed by atoms with van der Waals surface area (Å²) < 4.78 is 37.7. The van der Waals surface area contributed by atoms with Crippen molar-refractivity contribution in [3.63, 3.8) is 0 Å². The van der Waals surface area contributed by atoms with Crippen LogP contribution in [-0.4, -0.2) is 62.7 Å². The molecule has 24 heavy (non-hydrogen) atoms. The average molecular weight is 344 g/mol. The van der Waals surface area contributed by atoms with E-state index in [2.05, 4.69) is 4.98 Å². The van der Waals surface area contributed by atoms with Gasteiger partial charge >= 0.3 is 6.18 Å². The lowest BCUT2D eigenvalue weighted by atomic mass is 9.96. The van der Waals surface area contributed by atoms with Gasteiger partial charge in [-0.3, -0.25) is 9.69 Å². The molecule has 1 unspecified atom stereocenters. The molecule has 1 aromatic heterocycles. The summed E-state index contributed by atoms with van der Waals surface area (Å²) in [6.07, 6.45) is -1.40. The fraction of sp³-hybridized carbons (Fsp3) is 0.625. The number of halogens is 3. The third kappa shape index (κ3) is 4.59. The molecule has 5 nitrogen and oxygen atoms in total. The summed E-state index contributed by atoms with van der Waals surface area (Å²) in [5, 5.41) is 0. The highest BCUT2D eigenvalue weighted by molar-refractivity contribution is 5.97. The van der Waals surface area contributed by atoms with Gasteiger partial charge in [-0.15, -0.1) is 0 Å². The van der Waals surface area contributed by atoms with Gasteiger partial charge in [0.05, 0.1) is 18.2 Å². The Kier molecular flexibility index (Phi) is 5.69. The number of aromatic nitrogens is 1. The summed E-state index contributed by atoms with van der Waals surface area (Å²) in [5.74, 6) is 0.0515. The molecule has 1 aliphatic rings. The Morgan fingerprint density at radius 2 is 2.08 bits per heavy atom. The number of hydrogen-bond donors (Lipinski definition) is 0. The van der Waals surface area contributed by atoms with Crippen molar-refractivity contribution in [1.29, 1.82) is 0 Å². The molecule has 0 aromatic carbocycles. The fourth-order valence-corrected chi connectivity index (χ4v) is 3.04. The highest BCUT2D eigenvalue weighted by atomic mass is 19.4. The normalized spacial score (nSPS) is 19.2. The van der Waals surface area contributed by atoms with Gasteiger partial charge < -0.3 is 9.80 Å². The minimum absolute atomic E-state index is 0.139. The number of anilines is 2. The number of likely N-dealkylation sites (tertiary alicyclic amines) is 1. The van der Waals surface area contributed by atoms with Gasteiger partial charge in [0, 0.05) is 33.9 Å². The van der Waals surface area contributed by atoms with Crippen LogP contribution in [0.4, 0.5) is 24.7 Å². The number of alkyl halides is 3. The molecular formula is C16H23F3N4O. The quantitative estimate of drug-likeness (QED) is 0.841. The second-order valence-corrected chi connectivity index (χ2v) is 6.33. The van der Waals surface area contributed by atoms with E-state index in [9.17, 15) is 18.0 Å². The molecule has 134 valence electrons. The summed E-state index contributed by atoms with van der Waals surface area (Å²) in [6, 6.07) is 3.53. The van der Waals surface area contributed by atoms with Crippen molar-refractivity contribution in [2.75, 3.05) is 50.6 Å². The van der Waals surface area contributed by atoms with Gasteiger partial charge in [0.2, 0.25) is 5.91 Å². The summed E-state index contributed by atoms with van der Waals surface area (Å²) in [6.45, 7) is -0.445. The predicted octanol–water partition coefficient (Wildman–Crippen LogP) is 2.38. The third-order valence-electron chi connectivity index (χ3n) is 4.14. The Labute approximate surface area is 140 Å². The third-order valence-corrected chi connectivity index (χ3v) is 4.14. The van der Waals surface area contributed by atoms with E-state index in [1.54, 1.807) is 30.3 Å². The number of amides is 1. The first-order valence-electron chi connectivity index (χ1n) is 7.88. The first-order chi connectivity index (χ1) is 11.2. The average Bonchev–Trinajstić information content (AvgIpc) is 2.52. The van der Waals surface area contributed by atoms with Gasteiger partial charge in [-0.1, -0.05) is 0 Å².